The van der Waals surface area contributed by atoms with Crippen molar-refractivity contribution in [2.75, 3.05) is 0 Å². The van der Waals surface area contributed by atoms with Crippen molar-refractivity contribution in [2.45, 2.75) is 26.4 Å². The van der Waals surface area contributed by atoms with Gasteiger partial charge in [0.15, 0.2) is 0 Å². The summed E-state index contributed by atoms with van der Waals surface area (Å²) in [6.07, 6.45) is 0. The number of fused-ring (bicyclic) bond motifs is 1. The molecule has 0 fully saturated rings. The van der Waals surface area contributed by atoms with E-state index in [1.165, 1.54) is 0 Å². The molecule has 1 unspecified atom stereocenters. The van der Waals surface area contributed by atoms with Gasteiger partial charge in [-0.15, -0.1) is 0 Å². The van der Waals surface area contributed by atoms with E-state index in [1.54, 1.807) is 0 Å². The summed E-state index contributed by atoms with van der Waals surface area (Å²) < 4.78 is 7.84. The summed E-state index contributed by atoms with van der Waals surface area (Å²) in [5.41, 5.74) is 5.67. The zero-order valence-electron chi connectivity index (χ0n) is 11.6. The highest BCUT2D eigenvalue weighted by molar-refractivity contribution is 5.77. The van der Waals surface area contributed by atoms with E-state index in [0.717, 1.165) is 34.7 Å². The molecule has 0 spiro atoms. The Morgan fingerprint density at radius 3 is 2.85 bits per heavy atom. The van der Waals surface area contributed by atoms with Gasteiger partial charge in [0.1, 0.15) is 17.4 Å². The third-order valence-corrected chi connectivity index (χ3v) is 3.42. The number of para-hydroxylation sites is 1. The van der Waals surface area contributed by atoms with Gasteiger partial charge >= 0.3 is 0 Å². The zero-order chi connectivity index (χ0) is 14.1. The lowest BCUT2D eigenvalue weighted by Crippen LogP contribution is -2.30. The molecule has 0 amide bonds. The molecule has 2 heterocycles. The van der Waals surface area contributed by atoms with Crippen LogP contribution < -0.4 is 11.3 Å². The first-order valence-corrected chi connectivity index (χ1v) is 6.72. The fourth-order valence-electron chi connectivity index (χ4n) is 2.51. The van der Waals surface area contributed by atoms with Crippen LogP contribution in [0, 0.1) is 6.92 Å². The van der Waals surface area contributed by atoms with Crippen molar-refractivity contribution in [3.8, 4) is 0 Å². The second kappa shape index (κ2) is 5.11. The van der Waals surface area contributed by atoms with Crippen LogP contribution in [-0.2, 0) is 6.54 Å². The molecular weight excluding hydrogens is 252 g/mol. The Labute approximate surface area is 117 Å². The summed E-state index contributed by atoms with van der Waals surface area (Å²) in [5, 5.41) is 5.53. The van der Waals surface area contributed by atoms with E-state index in [4.69, 9.17) is 10.3 Å². The number of hydrogen-bond donors (Lipinski definition) is 2. The molecule has 2 aromatic heterocycles. The Morgan fingerprint density at radius 1 is 1.35 bits per heavy atom. The number of benzene rings is 1. The predicted molar refractivity (Wildman–Crippen MR) is 78.0 cm³/mol. The van der Waals surface area contributed by atoms with Gasteiger partial charge in [0.25, 0.3) is 0 Å². The minimum atomic E-state index is -0.205. The number of nitrogens with two attached hydrogens (primary N) is 1. The summed E-state index contributed by atoms with van der Waals surface area (Å²) >= 11 is 0. The molecule has 0 aliphatic rings. The average Bonchev–Trinajstić information content (AvgIpc) is 3.03. The average molecular weight is 270 g/mol. The number of aryl methyl sites for hydroxylation is 2. The number of aromatic nitrogens is 2. The molecular formula is C15H18N4O. The van der Waals surface area contributed by atoms with Gasteiger partial charge < -0.3 is 4.42 Å². The van der Waals surface area contributed by atoms with E-state index in [-0.39, 0.29) is 6.04 Å². The third kappa shape index (κ3) is 2.11. The monoisotopic (exact) mass is 270 g/mol. The summed E-state index contributed by atoms with van der Waals surface area (Å²) in [6.45, 7) is 4.83. The smallest absolute Gasteiger partial charge is 0.134 e. The van der Waals surface area contributed by atoms with Crippen LogP contribution in [0.3, 0.4) is 0 Å². The Hall–Kier alpha value is -2.11. The van der Waals surface area contributed by atoms with Crippen LogP contribution in [-0.4, -0.2) is 9.78 Å². The normalized spacial score (nSPS) is 12.9. The van der Waals surface area contributed by atoms with Crippen LogP contribution in [0.5, 0.6) is 0 Å². The molecule has 1 aromatic carbocycles. The van der Waals surface area contributed by atoms with E-state index < -0.39 is 0 Å². The molecule has 0 saturated carbocycles. The van der Waals surface area contributed by atoms with Gasteiger partial charge in [-0.05, 0) is 32.0 Å². The van der Waals surface area contributed by atoms with Crippen LogP contribution in [0.2, 0.25) is 0 Å². The summed E-state index contributed by atoms with van der Waals surface area (Å²) in [6, 6.07) is 11.8. The van der Waals surface area contributed by atoms with E-state index in [9.17, 15) is 0 Å². The number of hydrogen-bond acceptors (Lipinski definition) is 4. The Balaban J connectivity index is 2.08. The maximum Gasteiger partial charge on any atom is 0.134 e. The lowest BCUT2D eigenvalue weighted by molar-refractivity contribution is 0.451. The molecule has 0 bridgehead atoms. The Kier molecular flexibility index (Phi) is 3.30. The summed E-state index contributed by atoms with van der Waals surface area (Å²) in [4.78, 5) is 0. The SMILES string of the molecule is CCn1nc(C)cc1C(NN)c1cc2ccccc2o1. The first-order chi connectivity index (χ1) is 9.72. The second-order valence-electron chi connectivity index (χ2n) is 4.81. The summed E-state index contributed by atoms with van der Waals surface area (Å²) in [7, 11) is 0. The van der Waals surface area contributed by atoms with Crippen molar-refractivity contribution in [1.82, 2.24) is 15.2 Å². The van der Waals surface area contributed by atoms with E-state index in [0.29, 0.717) is 0 Å². The van der Waals surface area contributed by atoms with Crippen LogP contribution in [0.25, 0.3) is 11.0 Å². The molecule has 20 heavy (non-hydrogen) atoms. The highest BCUT2D eigenvalue weighted by atomic mass is 16.3. The molecule has 3 N–H and O–H groups in total. The predicted octanol–water partition coefficient (Wildman–Crippen LogP) is 2.51. The molecule has 0 radical (unpaired) electrons. The van der Waals surface area contributed by atoms with Crippen molar-refractivity contribution in [3.63, 3.8) is 0 Å². The highest BCUT2D eigenvalue weighted by Gasteiger charge is 2.21. The maximum atomic E-state index is 5.90. The molecule has 5 nitrogen and oxygen atoms in total. The minimum Gasteiger partial charge on any atom is -0.459 e. The fraction of sp³-hybridized carbons (Fsp3) is 0.267. The van der Waals surface area contributed by atoms with E-state index >= 15 is 0 Å². The Bertz CT molecular complexity index is 695. The standard InChI is InChI=1S/C15H18N4O/c1-3-19-12(8-10(2)18-19)15(17-16)14-9-11-6-4-5-7-13(11)20-14/h4-9,15,17H,3,16H2,1-2H3. The van der Waals surface area contributed by atoms with Crippen molar-refractivity contribution in [2.24, 2.45) is 5.84 Å². The fourth-order valence-corrected chi connectivity index (χ4v) is 2.51. The molecule has 0 aliphatic heterocycles. The van der Waals surface area contributed by atoms with E-state index in [1.807, 2.05) is 48.0 Å². The quantitative estimate of drug-likeness (QED) is 0.564. The van der Waals surface area contributed by atoms with E-state index in [2.05, 4.69) is 17.4 Å². The first-order valence-electron chi connectivity index (χ1n) is 6.72. The summed E-state index contributed by atoms with van der Waals surface area (Å²) in [5.74, 6) is 6.54. The number of nitrogens with one attached hydrogen (secondary N) is 1. The van der Waals surface area contributed by atoms with Gasteiger partial charge in [-0.25, -0.2) is 5.43 Å². The zero-order valence-corrected chi connectivity index (χ0v) is 11.6. The molecule has 0 saturated heterocycles. The van der Waals surface area contributed by atoms with Gasteiger partial charge in [-0.3, -0.25) is 10.5 Å². The minimum absolute atomic E-state index is 0.205. The lowest BCUT2D eigenvalue weighted by Gasteiger charge is -2.14. The second-order valence-corrected chi connectivity index (χ2v) is 4.81. The third-order valence-electron chi connectivity index (χ3n) is 3.42. The molecule has 3 aromatic rings. The van der Waals surface area contributed by atoms with Gasteiger partial charge in [-0.2, -0.15) is 5.10 Å². The molecule has 104 valence electrons. The molecule has 3 rings (SSSR count). The molecule has 1 atom stereocenters. The van der Waals surface area contributed by atoms with Crippen molar-refractivity contribution < 1.29 is 4.42 Å². The largest absolute Gasteiger partial charge is 0.459 e. The van der Waals surface area contributed by atoms with Crippen LogP contribution in [0.4, 0.5) is 0 Å². The number of rotatable bonds is 4. The topological polar surface area (TPSA) is 69.0 Å². The van der Waals surface area contributed by atoms with Crippen molar-refractivity contribution in [1.29, 1.82) is 0 Å². The molecule has 5 heteroatoms. The van der Waals surface area contributed by atoms with Crippen LogP contribution in [0.15, 0.2) is 40.8 Å². The van der Waals surface area contributed by atoms with Crippen LogP contribution >= 0.6 is 0 Å². The van der Waals surface area contributed by atoms with Crippen molar-refractivity contribution >= 4 is 11.0 Å². The highest BCUT2D eigenvalue weighted by Crippen LogP contribution is 2.28. The number of furan rings is 1. The van der Waals surface area contributed by atoms with Gasteiger partial charge in [0.05, 0.1) is 11.4 Å². The molecule has 0 aliphatic carbocycles. The van der Waals surface area contributed by atoms with Gasteiger partial charge in [0, 0.05) is 11.9 Å². The van der Waals surface area contributed by atoms with Gasteiger partial charge in [0.2, 0.25) is 0 Å². The van der Waals surface area contributed by atoms with Gasteiger partial charge in [-0.1, -0.05) is 18.2 Å². The maximum absolute atomic E-state index is 5.90. The number of hydrazine groups is 1. The Morgan fingerprint density at radius 2 is 2.15 bits per heavy atom. The van der Waals surface area contributed by atoms with Crippen LogP contribution in [0.1, 0.15) is 30.1 Å². The lowest BCUT2D eigenvalue weighted by atomic mass is 10.1. The van der Waals surface area contributed by atoms with Crippen molar-refractivity contribution in [3.05, 3.63) is 53.5 Å². The first kappa shape index (κ1) is 12.9. The number of nitrogens with zero attached hydrogens (tertiary/aromatic N) is 2.